The van der Waals surface area contributed by atoms with Gasteiger partial charge in [-0.15, -0.1) is 0 Å². The summed E-state index contributed by atoms with van der Waals surface area (Å²) in [4.78, 5) is 11.6. The fourth-order valence-electron chi connectivity index (χ4n) is 3.78. The van der Waals surface area contributed by atoms with E-state index < -0.39 is 34.1 Å². The van der Waals surface area contributed by atoms with Crippen LogP contribution in [0.3, 0.4) is 0 Å². The van der Waals surface area contributed by atoms with Gasteiger partial charge in [-0.25, -0.2) is 0 Å². The Morgan fingerprint density at radius 3 is 1.36 bits per heavy atom. The zero-order valence-electron chi connectivity index (χ0n) is 20.3. The molecule has 33 heavy (non-hydrogen) atoms. The fraction of sp³-hybridized carbons (Fsp3) is 0.958. The summed E-state index contributed by atoms with van der Waals surface area (Å²) in [6.45, 7) is 2.24. The molecule has 1 atom stereocenters. The van der Waals surface area contributed by atoms with Crippen molar-refractivity contribution in [1.29, 1.82) is 0 Å². The lowest BCUT2D eigenvalue weighted by atomic mass is 10.0. The van der Waals surface area contributed by atoms with Crippen LogP contribution in [0.2, 0.25) is 0 Å². The Hall–Kier alpha value is -0.830. The number of esters is 1. The molecule has 0 saturated carbocycles. The predicted octanol–water partition coefficient (Wildman–Crippen LogP) is 7.78. The molecule has 0 aliphatic carbocycles. The lowest BCUT2D eigenvalue weighted by Gasteiger charge is -2.19. The van der Waals surface area contributed by atoms with Gasteiger partial charge in [-0.3, -0.25) is 9.35 Å². The Kier molecular flexibility index (Phi) is 19.0. The second-order valence-corrected chi connectivity index (χ2v) is 10.5. The maximum atomic E-state index is 12.7. The van der Waals surface area contributed by atoms with E-state index in [1.165, 1.54) is 83.5 Å². The standard InChI is InChI=1S/C24H45F3O5S/c1-2-3-4-5-6-7-8-9-10-11-12-13-14-15-16-17-18-19-20-23(28)32-22(24(25,26)27)21-33(29,30)31/h22H,2-21H2,1H3,(H,29,30,31). The number of carbonyl (C=O) groups excluding carboxylic acids is 1. The van der Waals surface area contributed by atoms with E-state index in [1.54, 1.807) is 0 Å². The van der Waals surface area contributed by atoms with E-state index in [0.29, 0.717) is 12.8 Å². The predicted molar refractivity (Wildman–Crippen MR) is 126 cm³/mol. The Morgan fingerprint density at radius 1 is 0.727 bits per heavy atom. The molecule has 9 heteroatoms. The highest BCUT2D eigenvalue weighted by molar-refractivity contribution is 7.85. The second-order valence-electron chi connectivity index (χ2n) is 9.03. The van der Waals surface area contributed by atoms with E-state index in [9.17, 15) is 26.4 Å². The first-order valence-corrected chi connectivity index (χ1v) is 14.4. The molecule has 0 aromatic carbocycles. The zero-order valence-corrected chi connectivity index (χ0v) is 21.2. The lowest BCUT2D eigenvalue weighted by molar-refractivity contribution is -0.215. The molecule has 5 nitrogen and oxygen atoms in total. The summed E-state index contributed by atoms with van der Waals surface area (Å²) in [5, 5.41) is 0. The molecule has 198 valence electrons. The second kappa shape index (κ2) is 19.5. The van der Waals surface area contributed by atoms with Crippen molar-refractivity contribution in [3.63, 3.8) is 0 Å². The number of halogens is 3. The van der Waals surface area contributed by atoms with Crippen LogP contribution in [0.1, 0.15) is 129 Å². The number of hydrogen-bond acceptors (Lipinski definition) is 4. The Balaban J connectivity index is 3.52. The minimum Gasteiger partial charge on any atom is -0.451 e. The fourth-order valence-corrected chi connectivity index (χ4v) is 4.41. The summed E-state index contributed by atoms with van der Waals surface area (Å²) < 4.78 is 72.3. The Labute approximate surface area is 199 Å². The van der Waals surface area contributed by atoms with Crippen LogP contribution < -0.4 is 0 Å². The van der Waals surface area contributed by atoms with Gasteiger partial charge in [0.05, 0.1) is 0 Å². The summed E-state index contributed by atoms with van der Waals surface area (Å²) >= 11 is 0. The van der Waals surface area contributed by atoms with E-state index >= 15 is 0 Å². The smallest absolute Gasteiger partial charge is 0.426 e. The molecule has 0 rings (SSSR count). The van der Waals surface area contributed by atoms with Crippen molar-refractivity contribution in [3.8, 4) is 0 Å². The monoisotopic (exact) mass is 502 g/mol. The molecular weight excluding hydrogens is 457 g/mol. The molecule has 0 heterocycles. The SMILES string of the molecule is CCCCCCCCCCCCCCCCCCCCC(=O)OC(CS(=O)(=O)O)C(F)(F)F. The van der Waals surface area contributed by atoms with Crippen molar-refractivity contribution in [2.24, 2.45) is 0 Å². The summed E-state index contributed by atoms with van der Waals surface area (Å²) in [6, 6.07) is 0. The van der Waals surface area contributed by atoms with Crippen LogP contribution in [0.15, 0.2) is 0 Å². The highest BCUT2D eigenvalue weighted by atomic mass is 32.2. The summed E-state index contributed by atoms with van der Waals surface area (Å²) in [5.74, 6) is -2.78. The number of carbonyl (C=O) groups is 1. The van der Waals surface area contributed by atoms with Crippen molar-refractivity contribution in [2.45, 2.75) is 141 Å². The minimum absolute atomic E-state index is 0.198. The average Bonchev–Trinajstić information content (AvgIpc) is 2.70. The van der Waals surface area contributed by atoms with Crippen LogP contribution in [0.5, 0.6) is 0 Å². The van der Waals surface area contributed by atoms with Crippen LogP contribution in [-0.4, -0.2) is 37.0 Å². The van der Waals surface area contributed by atoms with E-state index in [-0.39, 0.29) is 6.42 Å². The highest BCUT2D eigenvalue weighted by Crippen LogP contribution is 2.25. The molecule has 0 saturated heterocycles. The molecule has 1 unspecified atom stereocenters. The molecule has 0 bridgehead atoms. The maximum Gasteiger partial charge on any atom is 0.426 e. The van der Waals surface area contributed by atoms with Gasteiger partial charge in [-0.1, -0.05) is 116 Å². The van der Waals surface area contributed by atoms with Gasteiger partial charge < -0.3 is 4.74 Å². The molecule has 1 N–H and O–H groups in total. The summed E-state index contributed by atoms with van der Waals surface area (Å²) in [6.07, 6.45) is 13.3. The van der Waals surface area contributed by atoms with Crippen LogP contribution in [0.25, 0.3) is 0 Å². The largest absolute Gasteiger partial charge is 0.451 e. The molecule has 0 aliphatic heterocycles. The summed E-state index contributed by atoms with van der Waals surface area (Å²) in [7, 11) is -4.90. The van der Waals surface area contributed by atoms with E-state index in [4.69, 9.17) is 4.55 Å². The van der Waals surface area contributed by atoms with Crippen molar-refractivity contribution in [3.05, 3.63) is 0 Å². The average molecular weight is 503 g/mol. The Bertz CT molecular complexity index is 579. The Morgan fingerprint density at radius 2 is 1.06 bits per heavy atom. The van der Waals surface area contributed by atoms with Crippen molar-refractivity contribution in [1.82, 2.24) is 0 Å². The molecule has 0 fully saturated rings. The zero-order chi connectivity index (χ0) is 25.0. The van der Waals surface area contributed by atoms with Gasteiger partial charge >= 0.3 is 12.1 Å². The van der Waals surface area contributed by atoms with Gasteiger partial charge in [0.25, 0.3) is 10.1 Å². The molecular formula is C24H45F3O5S. The van der Waals surface area contributed by atoms with Crippen LogP contribution in [-0.2, 0) is 19.6 Å². The first-order chi connectivity index (χ1) is 15.6. The third kappa shape index (κ3) is 22.7. The van der Waals surface area contributed by atoms with Crippen molar-refractivity contribution < 1.29 is 35.7 Å². The number of unbranched alkanes of at least 4 members (excludes halogenated alkanes) is 17. The third-order valence-corrected chi connectivity index (χ3v) is 6.46. The molecule has 0 spiro atoms. The van der Waals surface area contributed by atoms with Crippen LogP contribution in [0.4, 0.5) is 13.2 Å². The number of ether oxygens (including phenoxy) is 1. The van der Waals surface area contributed by atoms with E-state index in [0.717, 1.165) is 19.3 Å². The maximum absolute atomic E-state index is 12.7. The third-order valence-electron chi connectivity index (χ3n) is 5.74. The number of hydrogen-bond donors (Lipinski definition) is 1. The number of rotatable bonds is 22. The molecule has 0 amide bonds. The molecule has 0 radical (unpaired) electrons. The highest BCUT2D eigenvalue weighted by Gasteiger charge is 2.45. The topological polar surface area (TPSA) is 80.7 Å². The first-order valence-electron chi connectivity index (χ1n) is 12.8. The molecule has 0 aromatic rings. The van der Waals surface area contributed by atoms with Crippen LogP contribution in [0, 0.1) is 0 Å². The normalized spacial score (nSPS) is 13.2. The lowest BCUT2D eigenvalue weighted by Crippen LogP contribution is -2.39. The minimum atomic E-state index is -5.04. The van der Waals surface area contributed by atoms with Gasteiger partial charge in [-0.05, 0) is 6.42 Å². The van der Waals surface area contributed by atoms with Gasteiger partial charge in [0.1, 0.15) is 5.75 Å². The van der Waals surface area contributed by atoms with Gasteiger partial charge in [-0.2, -0.15) is 21.6 Å². The van der Waals surface area contributed by atoms with Crippen LogP contribution >= 0.6 is 0 Å². The van der Waals surface area contributed by atoms with Gasteiger partial charge in [0.2, 0.25) is 6.10 Å². The quantitative estimate of drug-likeness (QED) is 0.0928. The van der Waals surface area contributed by atoms with E-state index in [1.807, 2.05) is 0 Å². The molecule has 0 aliphatic rings. The van der Waals surface area contributed by atoms with E-state index in [2.05, 4.69) is 11.7 Å². The van der Waals surface area contributed by atoms with Crippen molar-refractivity contribution in [2.75, 3.05) is 5.75 Å². The first kappa shape index (κ1) is 32.2. The number of alkyl halides is 3. The van der Waals surface area contributed by atoms with Gasteiger partial charge in [0.15, 0.2) is 0 Å². The summed E-state index contributed by atoms with van der Waals surface area (Å²) in [5.41, 5.74) is 0. The van der Waals surface area contributed by atoms with Crippen molar-refractivity contribution >= 4 is 16.1 Å². The van der Waals surface area contributed by atoms with Gasteiger partial charge in [0, 0.05) is 6.42 Å². The molecule has 0 aromatic heterocycles.